The number of nitrogens with one attached hydrogen (secondary N) is 1. The SMILES string of the molecule is O=C(Nc1ccccc1Sc1ccccc1)c1ccc(Br)o1. The van der Waals surface area contributed by atoms with Gasteiger partial charge in [0.1, 0.15) is 0 Å². The van der Waals surface area contributed by atoms with Crippen molar-refractivity contribution in [3.8, 4) is 0 Å². The van der Waals surface area contributed by atoms with E-state index in [0.29, 0.717) is 4.67 Å². The molecule has 0 aliphatic carbocycles. The molecule has 3 rings (SSSR count). The maximum Gasteiger partial charge on any atom is 0.291 e. The summed E-state index contributed by atoms with van der Waals surface area (Å²) in [5.74, 6) is -0.00167. The Morgan fingerprint density at radius 1 is 0.955 bits per heavy atom. The van der Waals surface area contributed by atoms with Crippen LogP contribution < -0.4 is 5.32 Å². The van der Waals surface area contributed by atoms with Crippen LogP contribution in [0.15, 0.2) is 85.6 Å². The number of halogens is 1. The van der Waals surface area contributed by atoms with Crippen molar-refractivity contribution in [1.82, 2.24) is 0 Å². The van der Waals surface area contributed by atoms with Crippen LogP contribution in [0.1, 0.15) is 10.6 Å². The maximum atomic E-state index is 12.2. The Labute approximate surface area is 140 Å². The minimum atomic E-state index is -0.271. The summed E-state index contributed by atoms with van der Waals surface area (Å²) in [6.45, 7) is 0. The van der Waals surface area contributed by atoms with E-state index in [1.165, 1.54) is 0 Å². The molecule has 0 fully saturated rings. The lowest BCUT2D eigenvalue weighted by Gasteiger charge is -2.09. The van der Waals surface area contributed by atoms with Crippen LogP contribution in [0.25, 0.3) is 0 Å². The number of hydrogen-bond donors (Lipinski definition) is 1. The van der Waals surface area contributed by atoms with Crippen molar-refractivity contribution in [2.24, 2.45) is 0 Å². The molecule has 110 valence electrons. The molecule has 3 aromatic rings. The van der Waals surface area contributed by atoms with Gasteiger partial charge < -0.3 is 9.73 Å². The van der Waals surface area contributed by atoms with E-state index in [0.717, 1.165) is 15.5 Å². The van der Waals surface area contributed by atoms with Crippen LogP contribution in [-0.4, -0.2) is 5.91 Å². The first kappa shape index (κ1) is 14.9. The summed E-state index contributed by atoms with van der Waals surface area (Å²) in [6, 6.07) is 21.0. The molecule has 0 aliphatic rings. The van der Waals surface area contributed by atoms with Gasteiger partial charge in [0.2, 0.25) is 0 Å². The predicted octanol–water partition coefficient (Wildman–Crippen LogP) is 5.45. The topological polar surface area (TPSA) is 42.2 Å². The standard InChI is InChI=1S/C17H12BrNO2S/c18-16-11-10-14(21-16)17(20)19-13-8-4-5-9-15(13)22-12-6-2-1-3-7-12/h1-11H,(H,19,20). The van der Waals surface area contributed by atoms with Gasteiger partial charge in [0.05, 0.1) is 5.69 Å². The van der Waals surface area contributed by atoms with Crippen LogP contribution in [0.2, 0.25) is 0 Å². The van der Waals surface area contributed by atoms with Crippen LogP contribution in [0, 0.1) is 0 Å². The number of anilines is 1. The first-order valence-corrected chi connectivity index (χ1v) is 8.22. The van der Waals surface area contributed by atoms with E-state index in [9.17, 15) is 4.79 Å². The van der Waals surface area contributed by atoms with E-state index in [-0.39, 0.29) is 11.7 Å². The number of furan rings is 1. The van der Waals surface area contributed by atoms with Crippen molar-refractivity contribution in [3.05, 3.63) is 77.2 Å². The molecule has 1 N–H and O–H groups in total. The number of para-hydroxylation sites is 1. The van der Waals surface area contributed by atoms with Crippen LogP contribution in [-0.2, 0) is 0 Å². The third kappa shape index (κ3) is 3.61. The molecular weight excluding hydrogens is 362 g/mol. The summed E-state index contributed by atoms with van der Waals surface area (Å²) in [6.07, 6.45) is 0. The highest BCUT2D eigenvalue weighted by atomic mass is 79.9. The second-order valence-electron chi connectivity index (χ2n) is 4.47. The molecule has 2 aromatic carbocycles. The Hall–Kier alpha value is -1.98. The van der Waals surface area contributed by atoms with Gasteiger partial charge in [-0.15, -0.1) is 0 Å². The molecular formula is C17H12BrNO2S. The number of carbonyl (C=O) groups is 1. The van der Waals surface area contributed by atoms with Crippen molar-refractivity contribution in [2.45, 2.75) is 9.79 Å². The fourth-order valence-electron chi connectivity index (χ4n) is 1.89. The largest absolute Gasteiger partial charge is 0.444 e. The van der Waals surface area contributed by atoms with E-state index in [2.05, 4.69) is 21.2 Å². The summed E-state index contributed by atoms with van der Waals surface area (Å²) in [7, 11) is 0. The zero-order valence-corrected chi connectivity index (χ0v) is 13.9. The summed E-state index contributed by atoms with van der Waals surface area (Å²) >= 11 is 4.80. The molecule has 5 heteroatoms. The molecule has 1 amide bonds. The molecule has 1 aromatic heterocycles. The average Bonchev–Trinajstić information content (AvgIpc) is 2.97. The summed E-state index contributed by atoms with van der Waals surface area (Å²) < 4.78 is 5.81. The molecule has 0 radical (unpaired) electrons. The third-order valence-electron chi connectivity index (χ3n) is 2.90. The van der Waals surface area contributed by atoms with Gasteiger partial charge >= 0.3 is 0 Å². The molecule has 3 nitrogen and oxygen atoms in total. The Morgan fingerprint density at radius 2 is 1.68 bits per heavy atom. The lowest BCUT2D eigenvalue weighted by Crippen LogP contribution is -2.11. The highest BCUT2D eigenvalue weighted by molar-refractivity contribution is 9.10. The molecule has 0 saturated heterocycles. The fraction of sp³-hybridized carbons (Fsp3) is 0. The smallest absolute Gasteiger partial charge is 0.291 e. The highest BCUT2D eigenvalue weighted by Crippen LogP contribution is 2.33. The lowest BCUT2D eigenvalue weighted by molar-refractivity contribution is 0.0995. The lowest BCUT2D eigenvalue weighted by atomic mass is 10.3. The summed E-state index contributed by atoms with van der Waals surface area (Å²) in [5.41, 5.74) is 0.758. The number of rotatable bonds is 4. The summed E-state index contributed by atoms with van der Waals surface area (Å²) in [5, 5.41) is 2.89. The van der Waals surface area contributed by atoms with E-state index in [4.69, 9.17) is 4.42 Å². The van der Waals surface area contributed by atoms with Gasteiger partial charge in [-0.2, -0.15) is 0 Å². The van der Waals surface area contributed by atoms with Crippen LogP contribution in [0.3, 0.4) is 0 Å². The molecule has 0 spiro atoms. The second-order valence-corrected chi connectivity index (χ2v) is 6.37. The van der Waals surface area contributed by atoms with Gasteiger partial charge in [-0.05, 0) is 52.3 Å². The van der Waals surface area contributed by atoms with Crippen molar-refractivity contribution in [2.75, 3.05) is 5.32 Å². The number of carbonyl (C=O) groups excluding carboxylic acids is 1. The average molecular weight is 374 g/mol. The predicted molar refractivity (Wildman–Crippen MR) is 91.4 cm³/mol. The molecule has 1 heterocycles. The molecule has 0 saturated carbocycles. The van der Waals surface area contributed by atoms with Gasteiger partial charge in [-0.1, -0.05) is 42.1 Å². The second kappa shape index (κ2) is 6.85. The molecule has 0 aliphatic heterocycles. The Balaban J connectivity index is 1.81. The molecule has 0 atom stereocenters. The van der Waals surface area contributed by atoms with E-state index in [1.54, 1.807) is 23.9 Å². The number of amides is 1. The van der Waals surface area contributed by atoms with E-state index < -0.39 is 0 Å². The molecule has 0 unspecified atom stereocenters. The van der Waals surface area contributed by atoms with Crippen molar-refractivity contribution >= 4 is 39.3 Å². The van der Waals surface area contributed by atoms with E-state index in [1.807, 2.05) is 54.6 Å². The zero-order valence-electron chi connectivity index (χ0n) is 11.5. The zero-order chi connectivity index (χ0) is 15.4. The van der Waals surface area contributed by atoms with Crippen LogP contribution in [0.5, 0.6) is 0 Å². The minimum Gasteiger partial charge on any atom is -0.444 e. The molecule has 0 bridgehead atoms. The van der Waals surface area contributed by atoms with Crippen molar-refractivity contribution in [1.29, 1.82) is 0 Å². The van der Waals surface area contributed by atoms with Gasteiger partial charge in [-0.3, -0.25) is 4.79 Å². The molecule has 22 heavy (non-hydrogen) atoms. The third-order valence-corrected chi connectivity index (χ3v) is 4.41. The highest BCUT2D eigenvalue weighted by Gasteiger charge is 2.13. The number of hydrogen-bond acceptors (Lipinski definition) is 3. The van der Waals surface area contributed by atoms with Crippen LogP contribution in [0.4, 0.5) is 5.69 Å². The Morgan fingerprint density at radius 3 is 2.41 bits per heavy atom. The number of benzene rings is 2. The Kier molecular flexibility index (Phi) is 4.65. The van der Waals surface area contributed by atoms with Crippen LogP contribution >= 0.6 is 27.7 Å². The fourth-order valence-corrected chi connectivity index (χ4v) is 3.12. The maximum absolute atomic E-state index is 12.2. The van der Waals surface area contributed by atoms with Gasteiger partial charge in [0.15, 0.2) is 10.4 Å². The van der Waals surface area contributed by atoms with Crippen molar-refractivity contribution < 1.29 is 9.21 Å². The van der Waals surface area contributed by atoms with E-state index >= 15 is 0 Å². The normalized spacial score (nSPS) is 10.4. The van der Waals surface area contributed by atoms with Crippen molar-refractivity contribution in [3.63, 3.8) is 0 Å². The first-order valence-electron chi connectivity index (χ1n) is 6.61. The van der Waals surface area contributed by atoms with Gasteiger partial charge in [0.25, 0.3) is 5.91 Å². The Bertz CT molecular complexity index is 786. The first-order chi connectivity index (χ1) is 10.7. The van der Waals surface area contributed by atoms with Gasteiger partial charge in [-0.25, -0.2) is 0 Å². The monoisotopic (exact) mass is 373 g/mol. The summed E-state index contributed by atoms with van der Waals surface area (Å²) in [4.78, 5) is 14.3. The quantitative estimate of drug-likeness (QED) is 0.661. The van der Waals surface area contributed by atoms with Gasteiger partial charge in [0, 0.05) is 9.79 Å². The minimum absolute atomic E-state index is 0.270.